The molecule has 9 heteroatoms. The van der Waals surface area contributed by atoms with Gasteiger partial charge in [-0.15, -0.1) is 0 Å². The summed E-state index contributed by atoms with van der Waals surface area (Å²) in [5.41, 5.74) is 0.457. The second kappa shape index (κ2) is 15.0. The number of ether oxygens (including phenoxy) is 2. The van der Waals surface area contributed by atoms with E-state index in [0.717, 1.165) is 24.4 Å². The van der Waals surface area contributed by atoms with Gasteiger partial charge in [-0.3, -0.25) is 14.5 Å². The van der Waals surface area contributed by atoms with E-state index in [2.05, 4.69) is 54.2 Å². The highest BCUT2D eigenvalue weighted by Crippen LogP contribution is 2.34. The van der Waals surface area contributed by atoms with E-state index in [1.54, 1.807) is 0 Å². The van der Waals surface area contributed by atoms with Gasteiger partial charge in [-0.05, 0) is 64.5 Å². The summed E-state index contributed by atoms with van der Waals surface area (Å²) in [6.45, 7) is 19.0. The maximum Gasteiger partial charge on any atom is 0.407 e. The number of hydrogen-bond donors (Lipinski definition) is 2. The molecule has 2 N–H and O–H groups in total. The van der Waals surface area contributed by atoms with Crippen LogP contribution in [0.1, 0.15) is 72.8 Å². The molecular formula is C31H53N3O5Si. The van der Waals surface area contributed by atoms with Crippen molar-refractivity contribution in [3.63, 3.8) is 0 Å². The molecule has 1 aromatic carbocycles. The highest BCUT2D eigenvalue weighted by Gasteiger charge is 2.47. The molecule has 226 valence electrons. The number of carbonyl (C=O) groups excluding carboxylic acids is 3. The molecule has 1 aliphatic heterocycles. The summed E-state index contributed by atoms with van der Waals surface area (Å²) in [4.78, 5) is 40.6. The minimum atomic E-state index is -1.35. The van der Waals surface area contributed by atoms with E-state index in [4.69, 9.17) is 9.47 Å². The number of likely N-dealkylation sites (tertiary alicyclic amines) is 1. The van der Waals surface area contributed by atoms with E-state index >= 15 is 0 Å². The van der Waals surface area contributed by atoms with Crippen LogP contribution in [0.25, 0.3) is 0 Å². The number of alkyl carbamates (subject to hydrolysis) is 1. The predicted octanol–water partition coefficient (Wildman–Crippen LogP) is 5.74. The lowest BCUT2D eigenvalue weighted by Crippen LogP contribution is -2.49. The van der Waals surface area contributed by atoms with Gasteiger partial charge in [0.2, 0.25) is 5.91 Å². The molecule has 8 nitrogen and oxygen atoms in total. The molecule has 40 heavy (non-hydrogen) atoms. The number of nitrogens with one attached hydrogen (secondary N) is 2. The third kappa shape index (κ3) is 11.6. The average molecular weight is 576 g/mol. The van der Waals surface area contributed by atoms with Crippen molar-refractivity contribution in [3.8, 4) is 0 Å². The molecule has 2 amide bonds. The van der Waals surface area contributed by atoms with Gasteiger partial charge in [-0.1, -0.05) is 63.3 Å². The van der Waals surface area contributed by atoms with Gasteiger partial charge in [0.05, 0.1) is 6.61 Å². The molecular weight excluding hydrogens is 522 g/mol. The van der Waals surface area contributed by atoms with Crippen molar-refractivity contribution >= 4 is 26.0 Å². The fraction of sp³-hybridized carbons (Fsp3) is 0.710. The van der Waals surface area contributed by atoms with Gasteiger partial charge < -0.3 is 20.1 Å². The van der Waals surface area contributed by atoms with Crippen LogP contribution >= 0.6 is 0 Å². The van der Waals surface area contributed by atoms with E-state index in [1.807, 2.05) is 45.9 Å². The second-order valence-corrected chi connectivity index (χ2v) is 19.1. The zero-order chi connectivity index (χ0) is 30.1. The largest absolute Gasteiger partial charge is 0.459 e. The van der Waals surface area contributed by atoms with Crippen molar-refractivity contribution < 1.29 is 23.9 Å². The SMILES string of the molecule is CCCC(CC1C(NC(=O)OCC[Si](C)(C)C)CC(C(=O)OC(C)(C)C)N1Cc1ccccc1)C(C)NC(C)=O. The van der Waals surface area contributed by atoms with Crippen LogP contribution in [-0.4, -0.2) is 67.3 Å². The van der Waals surface area contributed by atoms with Crippen LogP contribution < -0.4 is 10.6 Å². The highest BCUT2D eigenvalue weighted by molar-refractivity contribution is 6.76. The Morgan fingerprint density at radius 3 is 2.33 bits per heavy atom. The van der Waals surface area contributed by atoms with E-state index < -0.39 is 25.8 Å². The molecule has 1 fully saturated rings. The smallest absolute Gasteiger partial charge is 0.407 e. The molecule has 5 atom stereocenters. The van der Waals surface area contributed by atoms with E-state index in [0.29, 0.717) is 26.0 Å². The molecule has 0 aromatic heterocycles. The molecule has 0 bridgehead atoms. The number of esters is 1. The Bertz CT molecular complexity index is 960. The minimum Gasteiger partial charge on any atom is -0.459 e. The zero-order valence-corrected chi connectivity index (χ0v) is 27.2. The van der Waals surface area contributed by atoms with Gasteiger partial charge in [0.1, 0.15) is 11.6 Å². The lowest BCUT2D eigenvalue weighted by Gasteiger charge is -2.36. The predicted molar refractivity (Wildman–Crippen MR) is 163 cm³/mol. The van der Waals surface area contributed by atoms with Crippen molar-refractivity contribution in [2.24, 2.45) is 5.92 Å². The van der Waals surface area contributed by atoms with Crippen molar-refractivity contribution in [2.45, 2.75) is 129 Å². The van der Waals surface area contributed by atoms with E-state index in [9.17, 15) is 14.4 Å². The lowest BCUT2D eigenvalue weighted by molar-refractivity contribution is -0.161. The Morgan fingerprint density at radius 2 is 1.77 bits per heavy atom. The molecule has 1 saturated heterocycles. The van der Waals surface area contributed by atoms with Gasteiger partial charge in [0.25, 0.3) is 0 Å². The van der Waals surface area contributed by atoms with Crippen molar-refractivity contribution in [3.05, 3.63) is 35.9 Å². The van der Waals surface area contributed by atoms with E-state index in [1.165, 1.54) is 6.92 Å². The third-order valence-electron chi connectivity index (χ3n) is 7.39. The van der Waals surface area contributed by atoms with Crippen LogP contribution in [0, 0.1) is 5.92 Å². The summed E-state index contributed by atoms with van der Waals surface area (Å²) < 4.78 is 11.5. The normalized spacial score (nSPS) is 21.4. The molecule has 0 spiro atoms. The number of benzene rings is 1. The zero-order valence-electron chi connectivity index (χ0n) is 26.2. The van der Waals surface area contributed by atoms with Gasteiger partial charge in [0, 0.05) is 39.7 Å². The Balaban J connectivity index is 2.41. The number of nitrogens with zero attached hydrogens (tertiary/aromatic N) is 1. The molecule has 0 saturated carbocycles. The monoisotopic (exact) mass is 575 g/mol. The fourth-order valence-corrected chi connectivity index (χ4v) is 6.12. The molecule has 5 unspecified atom stereocenters. The van der Waals surface area contributed by atoms with Gasteiger partial charge in [-0.25, -0.2) is 4.79 Å². The summed E-state index contributed by atoms with van der Waals surface area (Å²) >= 11 is 0. The Hall–Kier alpha value is -2.39. The average Bonchev–Trinajstić information content (AvgIpc) is 3.13. The van der Waals surface area contributed by atoms with Crippen LogP contribution in [0.15, 0.2) is 30.3 Å². The fourth-order valence-electron chi connectivity index (χ4n) is 5.41. The maximum atomic E-state index is 13.6. The molecule has 1 aromatic rings. The van der Waals surface area contributed by atoms with Crippen molar-refractivity contribution in [1.82, 2.24) is 15.5 Å². The quantitative estimate of drug-likeness (QED) is 0.230. The molecule has 1 heterocycles. The summed E-state index contributed by atoms with van der Waals surface area (Å²) in [6.07, 6.45) is 2.58. The first-order chi connectivity index (χ1) is 18.6. The second-order valence-electron chi connectivity index (χ2n) is 13.5. The van der Waals surface area contributed by atoms with Crippen LogP contribution in [0.3, 0.4) is 0 Å². The Morgan fingerprint density at radius 1 is 1.12 bits per heavy atom. The first kappa shape index (κ1) is 33.8. The van der Waals surface area contributed by atoms with E-state index in [-0.39, 0.29) is 35.9 Å². The molecule has 2 rings (SSSR count). The third-order valence-corrected chi connectivity index (χ3v) is 9.09. The lowest BCUT2D eigenvalue weighted by atomic mass is 9.87. The van der Waals surface area contributed by atoms with Gasteiger partial charge in [0.15, 0.2) is 0 Å². The summed E-state index contributed by atoms with van der Waals surface area (Å²) in [5.74, 6) is -0.179. The number of hydrogen-bond acceptors (Lipinski definition) is 6. The van der Waals surface area contributed by atoms with Crippen molar-refractivity contribution in [1.29, 1.82) is 0 Å². The number of rotatable bonds is 13. The van der Waals surface area contributed by atoms with Crippen LogP contribution in [0.5, 0.6) is 0 Å². The van der Waals surface area contributed by atoms with Crippen molar-refractivity contribution in [2.75, 3.05) is 6.61 Å². The maximum absolute atomic E-state index is 13.6. The highest BCUT2D eigenvalue weighted by atomic mass is 28.3. The summed E-state index contributed by atoms with van der Waals surface area (Å²) in [6, 6.07) is 9.96. The molecule has 0 radical (unpaired) electrons. The van der Waals surface area contributed by atoms with Gasteiger partial charge >= 0.3 is 12.1 Å². The van der Waals surface area contributed by atoms with Crippen LogP contribution in [0.4, 0.5) is 4.79 Å². The summed E-state index contributed by atoms with van der Waals surface area (Å²) in [5, 5.41) is 6.19. The standard InChI is InChI=1S/C31H53N3O5Si/c1-10-14-25(22(2)32-23(3)35)19-27-26(33-30(37)38-17-18-40(7,8)9)20-28(29(36)39-31(4,5)6)34(27)21-24-15-12-11-13-16-24/h11-13,15-16,22,25-28H,10,14,17-21H2,1-9H3,(H,32,35)(H,33,37). The topological polar surface area (TPSA) is 97.0 Å². The number of amides is 2. The summed E-state index contributed by atoms with van der Waals surface area (Å²) in [7, 11) is -1.35. The molecule has 1 aliphatic rings. The van der Waals surface area contributed by atoms with Gasteiger partial charge in [-0.2, -0.15) is 0 Å². The first-order valence-electron chi connectivity index (χ1n) is 14.8. The van der Waals surface area contributed by atoms with Crippen LogP contribution in [-0.2, 0) is 25.6 Å². The van der Waals surface area contributed by atoms with Crippen LogP contribution in [0.2, 0.25) is 25.7 Å². The molecule has 0 aliphatic carbocycles. The minimum absolute atomic E-state index is 0.0408. The Kier molecular flexibility index (Phi) is 12.7. The number of carbonyl (C=O) groups is 3. The Labute approximate surface area is 243 Å². The first-order valence-corrected chi connectivity index (χ1v) is 18.5.